The minimum absolute atomic E-state index is 0.0411. The van der Waals surface area contributed by atoms with Gasteiger partial charge in [0.25, 0.3) is 5.91 Å². The molecule has 2 rings (SSSR count). The predicted molar refractivity (Wildman–Crippen MR) is 79.9 cm³/mol. The number of nitrogens with zero attached hydrogens (tertiary/aromatic N) is 1. The Morgan fingerprint density at radius 1 is 1.40 bits per heavy atom. The Labute approximate surface area is 120 Å². The third-order valence-corrected chi connectivity index (χ3v) is 3.92. The largest absolute Gasteiger partial charge is 0.387 e. The molecule has 2 N–H and O–H groups in total. The van der Waals surface area contributed by atoms with Crippen LogP contribution < -0.4 is 5.32 Å². The second-order valence-electron chi connectivity index (χ2n) is 6.09. The molecule has 1 aromatic rings. The molecular formula is C16H24N2O2. The van der Waals surface area contributed by atoms with Gasteiger partial charge in [-0.1, -0.05) is 26.0 Å². The first-order valence-electron chi connectivity index (χ1n) is 7.20. The summed E-state index contributed by atoms with van der Waals surface area (Å²) < 4.78 is 0. The molecule has 1 saturated heterocycles. The zero-order chi connectivity index (χ0) is 14.8. The molecule has 0 aromatic heterocycles. The molecule has 1 fully saturated rings. The maximum atomic E-state index is 12.4. The van der Waals surface area contributed by atoms with E-state index < -0.39 is 5.60 Å². The van der Waals surface area contributed by atoms with Gasteiger partial charge in [0.15, 0.2) is 0 Å². The first kappa shape index (κ1) is 15.0. The summed E-state index contributed by atoms with van der Waals surface area (Å²) >= 11 is 0. The fourth-order valence-corrected chi connectivity index (χ4v) is 2.61. The van der Waals surface area contributed by atoms with Gasteiger partial charge in [0, 0.05) is 19.2 Å². The minimum atomic E-state index is -0.789. The number of benzene rings is 1. The number of rotatable bonds is 4. The zero-order valence-electron chi connectivity index (χ0n) is 12.5. The van der Waals surface area contributed by atoms with E-state index in [4.69, 9.17) is 0 Å². The van der Waals surface area contributed by atoms with Crippen LogP contribution >= 0.6 is 0 Å². The van der Waals surface area contributed by atoms with Gasteiger partial charge in [-0.05, 0) is 36.6 Å². The smallest absolute Gasteiger partial charge is 0.253 e. The molecule has 0 saturated carbocycles. The van der Waals surface area contributed by atoms with Crippen molar-refractivity contribution in [3.63, 3.8) is 0 Å². The van der Waals surface area contributed by atoms with Gasteiger partial charge in [0.2, 0.25) is 0 Å². The summed E-state index contributed by atoms with van der Waals surface area (Å²) in [6, 6.07) is 7.73. The summed E-state index contributed by atoms with van der Waals surface area (Å²) in [4.78, 5) is 14.0. The first-order chi connectivity index (χ1) is 9.41. The molecule has 1 aliphatic heterocycles. The van der Waals surface area contributed by atoms with E-state index in [0.29, 0.717) is 31.0 Å². The monoisotopic (exact) mass is 276 g/mol. The summed E-state index contributed by atoms with van der Waals surface area (Å²) in [7, 11) is 1.75. The van der Waals surface area contributed by atoms with Crippen LogP contribution in [0.1, 0.15) is 42.1 Å². The van der Waals surface area contributed by atoms with Crippen molar-refractivity contribution < 1.29 is 9.90 Å². The molecule has 1 aromatic carbocycles. The van der Waals surface area contributed by atoms with E-state index >= 15 is 0 Å². The van der Waals surface area contributed by atoms with Gasteiger partial charge in [-0.2, -0.15) is 0 Å². The molecule has 110 valence electrons. The quantitative estimate of drug-likeness (QED) is 0.878. The van der Waals surface area contributed by atoms with Crippen LogP contribution in [0.25, 0.3) is 0 Å². The highest BCUT2D eigenvalue weighted by atomic mass is 16.3. The number of aliphatic hydroxyl groups is 1. The Bertz CT molecular complexity index is 462. The lowest BCUT2D eigenvalue weighted by Crippen LogP contribution is -2.45. The summed E-state index contributed by atoms with van der Waals surface area (Å²) in [6.07, 6.45) is 0.691. The number of β-amino-alcohol motifs (C(OH)–C–C–N with tert-alkyl or cyclic N) is 1. The van der Waals surface area contributed by atoms with Crippen LogP contribution in [0.4, 0.5) is 0 Å². The lowest BCUT2D eigenvalue weighted by molar-refractivity contribution is 0.0252. The Morgan fingerprint density at radius 3 is 2.55 bits per heavy atom. The van der Waals surface area contributed by atoms with Crippen LogP contribution in [-0.2, 0) is 0 Å². The molecule has 1 aliphatic rings. The lowest BCUT2D eigenvalue weighted by atomic mass is 10.0. The molecule has 1 atom stereocenters. The molecule has 0 radical (unpaired) electrons. The van der Waals surface area contributed by atoms with Crippen LogP contribution in [0.15, 0.2) is 24.3 Å². The Morgan fingerprint density at radius 2 is 2.05 bits per heavy atom. The molecule has 1 amide bonds. The highest BCUT2D eigenvalue weighted by Crippen LogP contribution is 2.18. The standard InChI is InChI=1S/C16H24N2O2/c1-12(2)13-4-6-14(7-5-13)15(19)18(3)11-16(20)8-9-17-10-16/h4-7,12,17,20H,8-11H2,1-3H3. The third kappa shape index (κ3) is 3.38. The average molecular weight is 276 g/mol. The van der Waals surface area contributed by atoms with Crippen molar-refractivity contribution in [2.75, 3.05) is 26.7 Å². The molecule has 4 heteroatoms. The van der Waals surface area contributed by atoms with Crippen molar-refractivity contribution in [3.05, 3.63) is 35.4 Å². The van der Waals surface area contributed by atoms with Crippen molar-refractivity contribution in [2.24, 2.45) is 0 Å². The van der Waals surface area contributed by atoms with Gasteiger partial charge in [-0.15, -0.1) is 0 Å². The number of carbonyl (C=O) groups is 1. The maximum absolute atomic E-state index is 12.4. The topological polar surface area (TPSA) is 52.6 Å². The molecule has 0 bridgehead atoms. The summed E-state index contributed by atoms with van der Waals surface area (Å²) in [5.41, 5.74) is 1.11. The molecule has 0 spiro atoms. The second-order valence-corrected chi connectivity index (χ2v) is 6.09. The van der Waals surface area contributed by atoms with Crippen LogP contribution in [0.5, 0.6) is 0 Å². The summed E-state index contributed by atoms with van der Waals surface area (Å²) in [5, 5.41) is 13.4. The Kier molecular flexibility index (Phi) is 4.45. The van der Waals surface area contributed by atoms with Gasteiger partial charge >= 0.3 is 0 Å². The van der Waals surface area contributed by atoms with E-state index in [9.17, 15) is 9.90 Å². The van der Waals surface area contributed by atoms with E-state index in [1.165, 1.54) is 5.56 Å². The zero-order valence-corrected chi connectivity index (χ0v) is 12.5. The molecule has 1 heterocycles. The lowest BCUT2D eigenvalue weighted by Gasteiger charge is -2.28. The van der Waals surface area contributed by atoms with Gasteiger partial charge in [-0.3, -0.25) is 4.79 Å². The number of hydrogen-bond donors (Lipinski definition) is 2. The van der Waals surface area contributed by atoms with E-state index in [1.54, 1.807) is 11.9 Å². The van der Waals surface area contributed by atoms with E-state index in [0.717, 1.165) is 6.54 Å². The van der Waals surface area contributed by atoms with Crippen molar-refractivity contribution in [3.8, 4) is 0 Å². The van der Waals surface area contributed by atoms with Crippen LogP contribution in [0, 0.1) is 0 Å². The number of amides is 1. The van der Waals surface area contributed by atoms with Gasteiger partial charge in [0.05, 0.1) is 12.1 Å². The normalized spacial score (nSPS) is 22.2. The van der Waals surface area contributed by atoms with Gasteiger partial charge in [0.1, 0.15) is 0 Å². The summed E-state index contributed by atoms with van der Waals surface area (Å²) in [6.45, 7) is 5.99. The number of hydrogen-bond acceptors (Lipinski definition) is 3. The van der Waals surface area contributed by atoms with E-state index in [-0.39, 0.29) is 5.91 Å². The molecule has 1 unspecified atom stereocenters. The first-order valence-corrected chi connectivity index (χ1v) is 7.20. The van der Waals surface area contributed by atoms with E-state index in [2.05, 4.69) is 19.2 Å². The minimum Gasteiger partial charge on any atom is -0.387 e. The third-order valence-electron chi connectivity index (χ3n) is 3.92. The second kappa shape index (κ2) is 5.94. The van der Waals surface area contributed by atoms with Crippen molar-refractivity contribution in [2.45, 2.75) is 31.8 Å². The van der Waals surface area contributed by atoms with Crippen LogP contribution in [-0.4, -0.2) is 48.2 Å². The SMILES string of the molecule is CC(C)c1ccc(C(=O)N(C)CC2(O)CCNC2)cc1. The molecule has 20 heavy (non-hydrogen) atoms. The van der Waals surface area contributed by atoms with Gasteiger partial charge < -0.3 is 15.3 Å². The van der Waals surface area contributed by atoms with Crippen LogP contribution in [0.3, 0.4) is 0 Å². The van der Waals surface area contributed by atoms with Gasteiger partial charge in [-0.25, -0.2) is 0 Å². The van der Waals surface area contributed by atoms with Crippen LogP contribution in [0.2, 0.25) is 0 Å². The number of carbonyl (C=O) groups excluding carboxylic acids is 1. The fourth-order valence-electron chi connectivity index (χ4n) is 2.61. The highest BCUT2D eigenvalue weighted by Gasteiger charge is 2.33. The Hall–Kier alpha value is -1.39. The Balaban J connectivity index is 2.02. The molecule has 4 nitrogen and oxygen atoms in total. The molecular weight excluding hydrogens is 252 g/mol. The highest BCUT2D eigenvalue weighted by molar-refractivity contribution is 5.94. The van der Waals surface area contributed by atoms with Crippen molar-refractivity contribution >= 4 is 5.91 Å². The molecule has 0 aliphatic carbocycles. The fraction of sp³-hybridized carbons (Fsp3) is 0.562. The summed E-state index contributed by atoms with van der Waals surface area (Å²) in [5.74, 6) is 0.419. The van der Waals surface area contributed by atoms with Crippen molar-refractivity contribution in [1.82, 2.24) is 10.2 Å². The predicted octanol–water partition coefficient (Wildman–Crippen LogP) is 1.61. The average Bonchev–Trinajstić information content (AvgIpc) is 2.84. The maximum Gasteiger partial charge on any atom is 0.253 e. The van der Waals surface area contributed by atoms with Crippen molar-refractivity contribution in [1.29, 1.82) is 0 Å². The number of likely N-dealkylation sites (N-methyl/N-ethyl adjacent to an activating group) is 1. The number of nitrogens with one attached hydrogen (secondary N) is 1. The van der Waals surface area contributed by atoms with E-state index in [1.807, 2.05) is 24.3 Å².